The maximum atomic E-state index is 13.9. The Morgan fingerprint density at radius 2 is 1.38 bits per heavy atom. The second-order valence-corrected chi connectivity index (χ2v) is 17.4. The van der Waals surface area contributed by atoms with Gasteiger partial charge in [0.15, 0.2) is 28.4 Å². The van der Waals surface area contributed by atoms with Crippen LogP contribution in [0.2, 0.25) is 0 Å². The van der Waals surface area contributed by atoms with Gasteiger partial charge in [-0.15, -0.1) is 40.4 Å². The molecule has 0 radical (unpaired) electrons. The summed E-state index contributed by atoms with van der Waals surface area (Å²) in [5.74, 6) is -3.37. The Labute approximate surface area is 391 Å². The first-order valence-electron chi connectivity index (χ1n) is 19.6. The molecule has 3 aliphatic rings. The number of hydrogen-bond acceptors (Lipinski definition) is 15. The fourth-order valence-electron chi connectivity index (χ4n) is 7.78. The minimum absolute atomic E-state index is 0. The smallest absolute Gasteiger partial charge is 0.359 e. The molecule has 5 aromatic rings. The number of amides is 2. The fraction of sp³-hybridized carbons (Fsp3) is 0.222. The lowest BCUT2D eigenvalue weighted by Crippen LogP contribution is -2.74. The summed E-state index contributed by atoms with van der Waals surface area (Å²) in [6.45, 7) is 4.21. The van der Waals surface area contributed by atoms with Crippen molar-refractivity contribution in [2.24, 2.45) is 5.16 Å². The zero-order valence-electron chi connectivity index (χ0n) is 34.7. The van der Waals surface area contributed by atoms with Crippen molar-refractivity contribution >= 4 is 87.1 Å². The highest BCUT2D eigenvalue weighted by molar-refractivity contribution is 14.0. The van der Waals surface area contributed by atoms with Crippen molar-refractivity contribution in [2.45, 2.75) is 56.1 Å². The Morgan fingerprint density at radius 3 is 1.86 bits per heavy atom. The summed E-state index contributed by atoms with van der Waals surface area (Å²) in [5, 5.41) is 11.9. The molecule has 1 aromatic heterocycles. The Morgan fingerprint density at radius 1 is 0.859 bits per heavy atom. The van der Waals surface area contributed by atoms with Crippen molar-refractivity contribution in [1.82, 2.24) is 20.3 Å². The molecule has 4 atom stereocenters. The van der Waals surface area contributed by atoms with Gasteiger partial charge in [-0.25, -0.2) is 9.78 Å². The van der Waals surface area contributed by atoms with Crippen LogP contribution in [0.25, 0.3) is 0 Å². The molecule has 0 saturated carbocycles. The highest BCUT2D eigenvalue weighted by atomic mass is 127. The SMILES string of the molecule is CON=C(C(=O)NC1C(=O)N2C=C(C(=O)ON3Cc4cc(OC(C)=O)c(OC(C)=O)cc4C3)C(C)[S+]([O-])[C@H]12)c1csc(NC(c2ccccc2)(c2ccccc2)c2ccccc2)n1.I. The predicted octanol–water partition coefficient (Wildman–Crippen LogP) is 5.53. The lowest BCUT2D eigenvalue weighted by molar-refractivity contribution is -0.188. The van der Waals surface area contributed by atoms with E-state index in [1.54, 1.807) is 12.3 Å². The minimum atomic E-state index is -1.86. The molecule has 4 heterocycles. The van der Waals surface area contributed by atoms with E-state index in [4.69, 9.17) is 24.1 Å². The summed E-state index contributed by atoms with van der Waals surface area (Å²) in [4.78, 5) is 81.0. The number of oxime groups is 1. The molecule has 0 spiro atoms. The normalized spacial score (nSPS) is 19.1. The third-order valence-corrected chi connectivity index (χ3v) is 13.3. The van der Waals surface area contributed by atoms with Crippen LogP contribution >= 0.6 is 35.3 Å². The van der Waals surface area contributed by atoms with Gasteiger partial charge in [0.05, 0.1) is 13.1 Å². The van der Waals surface area contributed by atoms with Gasteiger partial charge in [-0.1, -0.05) is 96.2 Å². The molecule has 19 heteroatoms. The van der Waals surface area contributed by atoms with E-state index in [1.807, 2.05) is 91.0 Å². The average Bonchev–Trinajstić information content (AvgIpc) is 3.91. The van der Waals surface area contributed by atoms with Crippen LogP contribution in [0.15, 0.2) is 125 Å². The van der Waals surface area contributed by atoms with E-state index in [2.05, 4.69) is 15.8 Å². The van der Waals surface area contributed by atoms with Gasteiger partial charge >= 0.3 is 17.9 Å². The fourth-order valence-corrected chi connectivity index (χ4v) is 10.2. The van der Waals surface area contributed by atoms with Crippen molar-refractivity contribution in [3.63, 3.8) is 0 Å². The zero-order valence-corrected chi connectivity index (χ0v) is 38.7. The number of nitrogens with zero attached hydrogens (tertiary/aromatic N) is 4. The molecule has 16 nitrogen and oxygen atoms in total. The predicted molar refractivity (Wildman–Crippen MR) is 247 cm³/mol. The van der Waals surface area contributed by atoms with Crippen molar-refractivity contribution in [2.75, 3.05) is 12.4 Å². The van der Waals surface area contributed by atoms with E-state index in [9.17, 15) is 28.5 Å². The van der Waals surface area contributed by atoms with Crippen LogP contribution in [-0.2, 0) is 63.5 Å². The van der Waals surface area contributed by atoms with Crippen LogP contribution in [0.3, 0.4) is 0 Å². The van der Waals surface area contributed by atoms with Crippen LogP contribution in [0.1, 0.15) is 54.3 Å². The van der Waals surface area contributed by atoms with Crippen LogP contribution in [0.5, 0.6) is 11.5 Å². The van der Waals surface area contributed by atoms with Crippen molar-refractivity contribution in [1.29, 1.82) is 0 Å². The summed E-state index contributed by atoms with van der Waals surface area (Å²) >= 11 is -0.612. The highest BCUT2D eigenvalue weighted by Gasteiger charge is 2.60. The van der Waals surface area contributed by atoms with Gasteiger partial charge in [-0.2, -0.15) is 0 Å². The number of benzene rings is 4. The Hall–Kier alpha value is -6.13. The molecule has 4 aromatic carbocycles. The number of hydrogen-bond donors (Lipinski definition) is 2. The molecule has 330 valence electrons. The number of hydroxylamine groups is 2. The molecule has 8 rings (SSSR count). The number of carbonyl (C=O) groups is 5. The third kappa shape index (κ3) is 8.98. The quantitative estimate of drug-likeness (QED) is 0.0218. The van der Waals surface area contributed by atoms with E-state index < -0.39 is 63.1 Å². The summed E-state index contributed by atoms with van der Waals surface area (Å²) in [6, 6.07) is 31.7. The van der Waals surface area contributed by atoms with E-state index in [-0.39, 0.29) is 65.5 Å². The zero-order chi connectivity index (χ0) is 44.4. The molecule has 3 unspecified atom stereocenters. The van der Waals surface area contributed by atoms with Crippen LogP contribution in [0, 0.1) is 0 Å². The van der Waals surface area contributed by atoms with E-state index in [1.165, 1.54) is 55.7 Å². The molecular formula is C45H41IN6O10S2. The van der Waals surface area contributed by atoms with E-state index >= 15 is 0 Å². The molecular weight excluding hydrogens is 976 g/mol. The third-order valence-electron chi connectivity index (χ3n) is 10.6. The van der Waals surface area contributed by atoms with E-state index in [0.29, 0.717) is 16.3 Å². The van der Waals surface area contributed by atoms with Gasteiger partial charge in [-0.05, 0) is 58.0 Å². The number of nitrogens with one attached hydrogen (secondary N) is 2. The monoisotopic (exact) mass is 1020 g/mol. The van der Waals surface area contributed by atoms with E-state index in [0.717, 1.165) is 21.6 Å². The molecule has 2 N–H and O–H groups in total. The maximum Gasteiger partial charge on any atom is 0.359 e. The van der Waals surface area contributed by atoms with Gasteiger partial charge in [0, 0.05) is 25.4 Å². The standard InChI is InChI=1S/C45H40N6O10S2.HI/c1-26-34(43(56)61-50-22-29-20-36(59-27(2)52)37(60-28(3)53)21-30(29)23-50)24-51-41(55)39(42(51)63(26)57)47-40(54)38(49-58-4)35-25-62-44(46-35)48-45(31-14-8-5-9-15-31,32-16-10-6-11-17-32)33-18-12-7-13-19-33;/h5-21,24-26,39,42H,22-23H2,1-4H3,(H,46,48)(H,47,54);1H/t26?,39?,42-,63?;/m1./s1. The molecule has 1 saturated heterocycles. The first-order chi connectivity index (χ1) is 30.4. The summed E-state index contributed by atoms with van der Waals surface area (Å²) in [7, 11) is 1.28. The topological polar surface area (TPSA) is 201 Å². The lowest BCUT2D eigenvalue weighted by atomic mass is 9.77. The number of aromatic nitrogens is 1. The van der Waals surface area contributed by atoms with Gasteiger partial charge < -0.3 is 34.3 Å². The number of thiazole rings is 1. The van der Waals surface area contributed by atoms with Crippen LogP contribution in [0.4, 0.5) is 5.13 Å². The van der Waals surface area contributed by atoms with Crippen LogP contribution < -0.4 is 20.1 Å². The molecule has 64 heavy (non-hydrogen) atoms. The van der Waals surface area contributed by atoms with Crippen LogP contribution in [-0.4, -0.2) is 78.7 Å². The Balaban J connectivity index is 0.00000612. The number of carbonyl (C=O) groups excluding carboxylic acids is 5. The summed E-state index contributed by atoms with van der Waals surface area (Å²) in [6.07, 6.45) is 1.30. The second-order valence-electron chi connectivity index (χ2n) is 14.7. The number of fused-ring (bicyclic) bond motifs is 2. The number of esters is 2. The first-order valence-corrected chi connectivity index (χ1v) is 21.8. The lowest BCUT2D eigenvalue weighted by Gasteiger charge is -2.48. The van der Waals surface area contributed by atoms with Crippen molar-refractivity contribution in [3.05, 3.63) is 154 Å². The minimum Gasteiger partial charge on any atom is -0.614 e. The summed E-state index contributed by atoms with van der Waals surface area (Å²) < 4.78 is 24.3. The van der Waals surface area contributed by atoms with Crippen molar-refractivity contribution < 1.29 is 47.7 Å². The van der Waals surface area contributed by atoms with Gasteiger partial charge in [0.1, 0.15) is 29.2 Å². The molecule has 3 aliphatic heterocycles. The Bertz CT molecular complexity index is 2510. The van der Waals surface area contributed by atoms with Gasteiger partial charge in [0.2, 0.25) is 5.37 Å². The van der Waals surface area contributed by atoms with Gasteiger partial charge in [-0.3, -0.25) is 24.1 Å². The number of rotatable bonds is 13. The molecule has 2 amide bonds. The number of anilines is 1. The first kappa shape index (κ1) is 45.9. The molecule has 1 fully saturated rings. The van der Waals surface area contributed by atoms with Crippen molar-refractivity contribution in [3.8, 4) is 11.5 Å². The maximum absolute atomic E-state index is 13.9. The summed E-state index contributed by atoms with van der Waals surface area (Å²) in [5.41, 5.74) is 3.21. The average molecular weight is 1020 g/mol. The van der Waals surface area contributed by atoms with Gasteiger partial charge in [0.25, 0.3) is 11.8 Å². The number of β-lactam (4-membered cyclic amide) rings is 1. The highest BCUT2D eigenvalue weighted by Crippen LogP contribution is 2.42. The largest absolute Gasteiger partial charge is 0.614 e. The Kier molecular flexibility index (Phi) is 13.8. The number of halogens is 1. The number of ether oxygens (including phenoxy) is 2. The second kappa shape index (κ2) is 19.3. The molecule has 0 aliphatic carbocycles. The molecule has 0 bridgehead atoms.